The van der Waals surface area contributed by atoms with Gasteiger partial charge in [0.2, 0.25) is 10.0 Å². The van der Waals surface area contributed by atoms with Crippen molar-refractivity contribution in [3.63, 3.8) is 0 Å². The minimum atomic E-state index is -3.64. The lowest BCUT2D eigenvalue weighted by molar-refractivity contribution is 0.485. The molecule has 9 heteroatoms. The zero-order valence-electron chi connectivity index (χ0n) is 14.7. The van der Waals surface area contributed by atoms with Crippen LogP contribution in [-0.4, -0.2) is 24.2 Å². The highest BCUT2D eigenvalue weighted by Gasteiger charge is 2.18. The zero-order valence-corrected chi connectivity index (χ0v) is 17.1. The second kappa shape index (κ2) is 8.52. The van der Waals surface area contributed by atoms with E-state index < -0.39 is 15.6 Å². The van der Waals surface area contributed by atoms with Crippen LogP contribution in [0.15, 0.2) is 40.2 Å². The number of nitrogens with one attached hydrogen (secondary N) is 1. The van der Waals surface area contributed by atoms with Gasteiger partial charge in [0, 0.05) is 6.04 Å². The quantitative estimate of drug-likeness (QED) is 0.745. The summed E-state index contributed by atoms with van der Waals surface area (Å²) in [4.78, 5) is 12.2. The summed E-state index contributed by atoms with van der Waals surface area (Å²) in [5, 5.41) is 3.83. The smallest absolute Gasteiger partial charge is 0.266 e. The van der Waals surface area contributed by atoms with Gasteiger partial charge in [-0.15, -0.1) is 0 Å². The molecule has 0 amide bonds. The van der Waals surface area contributed by atoms with Crippen molar-refractivity contribution in [1.29, 1.82) is 0 Å². The van der Waals surface area contributed by atoms with Crippen molar-refractivity contribution in [3.8, 4) is 5.69 Å². The molecule has 1 aromatic heterocycles. The van der Waals surface area contributed by atoms with E-state index in [4.69, 9.17) is 23.2 Å². The monoisotopic (exact) mass is 417 g/mol. The fraction of sp³-hybridized carbons (Fsp3) is 0.412. The van der Waals surface area contributed by atoms with Crippen molar-refractivity contribution < 1.29 is 8.42 Å². The van der Waals surface area contributed by atoms with Crippen molar-refractivity contribution in [2.24, 2.45) is 5.92 Å². The van der Waals surface area contributed by atoms with Gasteiger partial charge in [-0.3, -0.25) is 4.79 Å². The molecule has 1 aromatic carbocycles. The van der Waals surface area contributed by atoms with Gasteiger partial charge in [-0.05, 0) is 49.9 Å². The molecule has 0 spiro atoms. The molecule has 0 saturated heterocycles. The molecular formula is C17H21Cl2N3O3S. The summed E-state index contributed by atoms with van der Waals surface area (Å²) in [5.41, 5.74) is -0.185. The Morgan fingerprint density at radius 2 is 1.73 bits per heavy atom. The third kappa shape index (κ3) is 5.07. The molecule has 0 aliphatic carbocycles. The van der Waals surface area contributed by atoms with E-state index in [1.54, 1.807) is 0 Å². The lowest BCUT2D eigenvalue weighted by atomic mass is 10.1. The number of halogens is 2. The van der Waals surface area contributed by atoms with E-state index >= 15 is 0 Å². The van der Waals surface area contributed by atoms with E-state index in [-0.39, 0.29) is 21.0 Å². The number of hydrogen-bond acceptors (Lipinski definition) is 4. The second-order valence-electron chi connectivity index (χ2n) is 6.51. The van der Waals surface area contributed by atoms with Crippen LogP contribution in [0.25, 0.3) is 5.69 Å². The van der Waals surface area contributed by atoms with Gasteiger partial charge in [0.25, 0.3) is 5.56 Å². The Kier molecular flexibility index (Phi) is 6.85. The summed E-state index contributed by atoms with van der Waals surface area (Å²) in [6.45, 7) is 6.03. The van der Waals surface area contributed by atoms with Crippen molar-refractivity contribution in [1.82, 2.24) is 14.5 Å². The molecule has 142 valence electrons. The molecule has 0 aliphatic heterocycles. The number of aromatic nitrogens is 2. The first-order chi connectivity index (χ1) is 12.1. The molecule has 0 unspecified atom stereocenters. The van der Waals surface area contributed by atoms with E-state index in [1.807, 2.05) is 6.92 Å². The predicted molar refractivity (Wildman–Crippen MR) is 104 cm³/mol. The molecule has 1 N–H and O–H groups in total. The first-order valence-electron chi connectivity index (χ1n) is 8.18. The van der Waals surface area contributed by atoms with Crippen LogP contribution in [0.5, 0.6) is 0 Å². The first kappa shape index (κ1) is 20.9. The lowest BCUT2D eigenvalue weighted by Gasteiger charge is -2.15. The summed E-state index contributed by atoms with van der Waals surface area (Å²) >= 11 is 11.6. The van der Waals surface area contributed by atoms with Gasteiger partial charge in [-0.1, -0.05) is 37.0 Å². The Morgan fingerprint density at radius 3 is 2.31 bits per heavy atom. The normalized spacial score (nSPS) is 13.2. The minimum absolute atomic E-state index is 0.0618. The molecule has 0 aliphatic rings. The Bertz CT molecular complexity index is 925. The number of nitrogens with zero attached hydrogens (tertiary/aromatic N) is 2. The van der Waals surface area contributed by atoms with Gasteiger partial charge < -0.3 is 0 Å². The predicted octanol–water partition coefficient (Wildman–Crippen LogP) is 3.64. The van der Waals surface area contributed by atoms with E-state index in [1.165, 1.54) is 30.5 Å². The molecule has 0 saturated carbocycles. The van der Waals surface area contributed by atoms with Crippen molar-refractivity contribution in [3.05, 3.63) is 50.9 Å². The number of benzene rings is 1. The van der Waals surface area contributed by atoms with Crippen molar-refractivity contribution >= 4 is 33.2 Å². The fourth-order valence-electron chi connectivity index (χ4n) is 2.34. The van der Waals surface area contributed by atoms with Crippen LogP contribution in [0.2, 0.25) is 10.0 Å². The van der Waals surface area contributed by atoms with E-state index in [0.717, 1.165) is 17.5 Å². The van der Waals surface area contributed by atoms with Gasteiger partial charge in [-0.2, -0.15) is 9.78 Å². The lowest BCUT2D eigenvalue weighted by Crippen LogP contribution is -2.32. The SMILES string of the molecule is CC(C)CC[C@@H](C)NS(=O)(=O)c1ccc(-n2ncc(Cl)c(Cl)c2=O)cc1. The topological polar surface area (TPSA) is 81.1 Å². The second-order valence-corrected chi connectivity index (χ2v) is 9.01. The van der Waals surface area contributed by atoms with Gasteiger partial charge in [-0.25, -0.2) is 13.1 Å². The molecule has 2 rings (SSSR count). The Labute approximate surface area is 163 Å². The molecule has 1 heterocycles. The van der Waals surface area contributed by atoms with Gasteiger partial charge >= 0.3 is 0 Å². The maximum Gasteiger partial charge on any atom is 0.291 e. The first-order valence-corrected chi connectivity index (χ1v) is 10.4. The molecule has 0 fully saturated rings. The van der Waals surface area contributed by atoms with Crippen molar-refractivity contribution in [2.45, 2.75) is 44.6 Å². The van der Waals surface area contributed by atoms with Crippen molar-refractivity contribution in [2.75, 3.05) is 0 Å². The summed E-state index contributed by atoms with van der Waals surface area (Å²) in [7, 11) is -3.64. The molecule has 0 bridgehead atoms. The third-order valence-corrected chi connectivity index (χ3v) is 6.16. The van der Waals surface area contributed by atoms with Crippen LogP contribution in [0.4, 0.5) is 0 Å². The van der Waals surface area contributed by atoms with E-state index in [0.29, 0.717) is 11.6 Å². The summed E-state index contributed by atoms with van der Waals surface area (Å²) < 4.78 is 28.7. The van der Waals surface area contributed by atoms with Gasteiger partial charge in [0.05, 0.1) is 21.8 Å². The highest BCUT2D eigenvalue weighted by molar-refractivity contribution is 7.89. The zero-order chi connectivity index (χ0) is 19.5. The van der Waals surface area contributed by atoms with Crippen LogP contribution in [0.3, 0.4) is 0 Å². The third-order valence-electron chi connectivity index (χ3n) is 3.80. The number of hydrogen-bond donors (Lipinski definition) is 1. The van der Waals surface area contributed by atoms with Crippen LogP contribution < -0.4 is 10.3 Å². The average Bonchev–Trinajstić information content (AvgIpc) is 2.58. The summed E-state index contributed by atoms with van der Waals surface area (Å²) in [5.74, 6) is 0.512. The molecule has 6 nitrogen and oxygen atoms in total. The van der Waals surface area contributed by atoms with E-state index in [2.05, 4.69) is 23.7 Å². The Morgan fingerprint density at radius 1 is 1.12 bits per heavy atom. The number of rotatable bonds is 7. The van der Waals surface area contributed by atoms with Crippen LogP contribution in [0, 0.1) is 5.92 Å². The molecule has 0 radical (unpaired) electrons. The standard InChI is InChI=1S/C17H21Cl2N3O3S/c1-11(2)4-5-12(3)21-26(24,25)14-8-6-13(7-9-14)22-17(23)16(19)15(18)10-20-22/h6-12,21H,4-5H2,1-3H3/t12-/m1/s1. The largest absolute Gasteiger partial charge is 0.291 e. The molecule has 1 atom stereocenters. The molecular weight excluding hydrogens is 397 g/mol. The maximum absolute atomic E-state index is 12.5. The highest BCUT2D eigenvalue weighted by Crippen LogP contribution is 2.18. The van der Waals surface area contributed by atoms with Gasteiger partial charge in [0.15, 0.2) is 0 Å². The Hall–Kier alpha value is -1.41. The highest BCUT2D eigenvalue weighted by atomic mass is 35.5. The van der Waals surface area contributed by atoms with Crippen LogP contribution >= 0.6 is 23.2 Å². The molecule has 2 aromatic rings. The van der Waals surface area contributed by atoms with Gasteiger partial charge in [0.1, 0.15) is 5.02 Å². The summed E-state index contributed by atoms with van der Waals surface area (Å²) in [6.07, 6.45) is 2.96. The molecule has 26 heavy (non-hydrogen) atoms. The maximum atomic E-state index is 12.5. The number of sulfonamides is 1. The van der Waals surface area contributed by atoms with Crippen LogP contribution in [-0.2, 0) is 10.0 Å². The average molecular weight is 418 g/mol. The fourth-order valence-corrected chi connectivity index (χ4v) is 3.87. The Balaban J connectivity index is 2.21. The minimum Gasteiger partial charge on any atom is -0.266 e. The van der Waals surface area contributed by atoms with Crippen LogP contribution in [0.1, 0.15) is 33.6 Å². The van der Waals surface area contributed by atoms with E-state index in [9.17, 15) is 13.2 Å². The summed E-state index contributed by atoms with van der Waals surface area (Å²) in [6, 6.07) is 5.66.